The first-order valence-corrected chi connectivity index (χ1v) is 7.68. The summed E-state index contributed by atoms with van der Waals surface area (Å²) >= 11 is 0. The number of aryl methyl sites for hydroxylation is 1. The largest absolute Gasteiger partial charge is 0.496 e. The van der Waals surface area contributed by atoms with Crippen LogP contribution in [0.2, 0.25) is 0 Å². The molecule has 7 heteroatoms. The molecule has 0 heterocycles. The molecule has 0 aliphatic heterocycles. The van der Waals surface area contributed by atoms with Gasteiger partial charge in [-0.25, -0.2) is 0 Å². The fourth-order valence-corrected chi connectivity index (χ4v) is 2.45. The maximum Gasteiger partial charge on any atom is 0.280 e. The zero-order valence-electron chi connectivity index (χ0n) is 14.9. The van der Waals surface area contributed by atoms with Gasteiger partial charge >= 0.3 is 0 Å². The Bertz CT molecular complexity index is 873. The number of nitro benzene ring substituents is 1. The van der Waals surface area contributed by atoms with Crippen molar-refractivity contribution in [1.82, 2.24) is 0 Å². The second kappa shape index (κ2) is 8.15. The predicted octanol–water partition coefficient (Wildman–Crippen LogP) is 3.83. The third-order valence-corrected chi connectivity index (χ3v) is 3.76. The lowest BCUT2D eigenvalue weighted by Crippen LogP contribution is -2.00. The molecule has 0 atom stereocenters. The molecule has 136 valence electrons. The Morgan fingerprint density at radius 1 is 1.00 bits per heavy atom. The van der Waals surface area contributed by atoms with Crippen molar-refractivity contribution in [2.75, 3.05) is 21.3 Å². The first kappa shape index (κ1) is 19.0. The normalized spacial score (nSPS) is 10.6. The van der Waals surface area contributed by atoms with E-state index in [9.17, 15) is 14.9 Å². The van der Waals surface area contributed by atoms with Gasteiger partial charge in [-0.05, 0) is 37.3 Å². The van der Waals surface area contributed by atoms with Crippen molar-refractivity contribution in [3.63, 3.8) is 0 Å². The molecule has 2 aromatic carbocycles. The molecule has 0 saturated carbocycles. The zero-order chi connectivity index (χ0) is 19.3. The summed E-state index contributed by atoms with van der Waals surface area (Å²) in [5, 5.41) is 11.3. The van der Waals surface area contributed by atoms with E-state index >= 15 is 0 Å². The summed E-state index contributed by atoms with van der Waals surface area (Å²) in [6.07, 6.45) is 2.65. The van der Waals surface area contributed by atoms with Crippen LogP contribution >= 0.6 is 0 Å². The van der Waals surface area contributed by atoms with E-state index in [1.807, 2.05) is 13.0 Å². The lowest BCUT2D eigenvalue weighted by Gasteiger charge is -2.09. The maximum absolute atomic E-state index is 12.5. The smallest absolute Gasteiger partial charge is 0.280 e. The minimum atomic E-state index is -0.542. The van der Waals surface area contributed by atoms with E-state index in [0.717, 1.165) is 5.56 Å². The number of nitrogens with zero attached hydrogens (tertiary/aromatic N) is 1. The molecule has 0 saturated heterocycles. The molecular weight excluding hydrogens is 338 g/mol. The molecule has 0 radical (unpaired) electrons. The van der Waals surface area contributed by atoms with Crippen LogP contribution in [-0.4, -0.2) is 32.0 Å². The van der Waals surface area contributed by atoms with Crippen LogP contribution in [0.15, 0.2) is 36.4 Å². The number of allylic oxidation sites excluding steroid dienone is 1. The van der Waals surface area contributed by atoms with Crippen LogP contribution < -0.4 is 14.2 Å². The van der Waals surface area contributed by atoms with E-state index < -0.39 is 4.92 Å². The average Bonchev–Trinajstić information content (AvgIpc) is 2.64. The highest BCUT2D eigenvalue weighted by Gasteiger charge is 2.18. The standard InChI is InChI=1S/C19H19NO6/c1-12-5-8-17(24-2)14(9-12)16(21)7-6-13-10-18(25-3)19(26-4)11-15(13)20(22)23/h5-11H,1-4H3/b7-6+. The number of hydrogen-bond donors (Lipinski definition) is 0. The maximum atomic E-state index is 12.5. The number of rotatable bonds is 7. The molecule has 0 N–H and O–H groups in total. The van der Waals surface area contributed by atoms with Gasteiger partial charge in [-0.3, -0.25) is 14.9 Å². The third-order valence-electron chi connectivity index (χ3n) is 3.76. The van der Waals surface area contributed by atoms with E-state index in [0.29, 0.717) is 17.1 Å². The van der Waals surface area contributed by atoms with Gasteiger partial charge in [0.05, 0.1) is 43.4 Å². The number of hydrogen-bond acceptors (Lipinski definition) is 6. The molecule has 2 rings (SSSR count). The van der Waals surface area contributed by atoms with Crippen LogP contribution in [0.5, 0.6) is 17.2 Å². The molecule has 0 spiro atoms. The highest BCUT2D eigenvalue weighted by atomic mass is 16.6. The van der Waals surface area contributed by atoms with E-state index in [1.54, 1.807) is 12.1 Å². The minimum Gasteiger partial charge on any atom is -0.496 e. The Balaban J connectivity index is 2.45. The molecule has 7 nitrogen and oxygen atoms in total. The van der Waals surface area contributed by atoms with E-state index in [-0.39, 0.29) is 22.8 Å². The summed E-state index contributed by atoms with van der Waals surface area (Å²) in [5.41, 5.74) is 1.32. The first-order chi connectivity index (χ1) is 12.4. The number of carbonyl (C=O) groups excluding carboxylic acids is 1. The predicted molar refractivity (Wildman–Crippen MR) is 97.3 cm³/mol. The second-order valence-electron chi connectivity index (χ2n) is 5.42. The van der Waals surface area contributed by atoms with Gasteiger partial charge in [0.1, 0.15) is 5.75 Å². The fraction of sp³-hybridized carbons (Fsp3) is 0.211. The quantitative estimate of drug-likeness (QED) is 0.324. The van der Waals surface area contributed by atoms with Gasteiger partial charge in [-0.2, -0.15) is 0 Å². The molecule has 0 aromatic heterocycles. The lowest BCUT2D eigenvalue weighted by molar-refractivity contribution is -0.385. The Labute approximate surface area is 151 Å². The van der Waals surface area contributed by atoms with Crippen molar-refractivity contribution in [3.05, 3.63) is 63.2 Å². The molecule has 0 bridgehead atoms. The highest BCUT2D eigenvalue weighted by Crippen LogP contribution is 2.35. The summed E-state index contributed by atoms with van der Waals surface area (Å²) in [7, 11) is 4.30. The molecule has 0 aliphatic rings. The Morgan fingerprint density at radius 3 is 2.19 bits per heavy atom. The lowest BCUT2D eigenvalue weighted by atomic mass is 10.0. The van der Waals surface area contributed by atoms with Crippen molar-refractivity contribution in [1.29, 1.82) is 0 Å². The summed E-state index contributed by atoms with van der Waals surface area (Å²) in [5.74, 6) is 0.683. The SMILES string of the molecule is COc1cc(/C=C/C(=O)c2cc(C)ccc2OC)c([N+](=O)[O-])cc1OC. The number of methoxy groups -OCH3 is 3. The number of benzene rings is 2. The van der Waals surface area contributed by atoms with E-state index in [1.165, 1.54) is 45.6 Å². The van der Waals surface area contributed by atoms with Gasteiger partial charge in [-0.1, -0.05) is 11.6 Å². The van der Waals surface area contributed by atoms with E-state index in [4.69, 9.17) is 14.2 Å². The molecule has 2 aromatic rings. The van der Waals surface area contributed by atoms with Gasteiger partial charge in [0, 0.05) is 0 Å². The Hall–Kier alpha value is -3.35. The molecule has 0 amide bonds. The zero-order valence-corrected chi connectivity index (χ0v) is 14.9. The molecule has 0 aliphatic carbocycles. The van der Waals surface area contributed by atoms with Gasteiger partial charge in [0.25, 0.3) is 5.69 Å². The van der Waals surface area contributed by atoms with Gasteiger partial charge < -0.3 is 14.2 Å². The highest BCUT2D eigenvalue weighted by molar-refractivity contribution is 6.09. The summed E-state index contributed by atoms with van der Waals surface area (Å²) in [6.45, 7) is 1.86. The van der Waals surface area contributed by atoms with Crippen LogP contribution in [0.25, 0.3) is 6.08 Å². The van der Waals surface area contributed by atoms with Crippen molar-refractivity contribution in [2.24, 2.45) is 0 Å². The van der Waals surface area contributed by atoms with Crippen molar-refractivity contribution >= 4 is 17.5 Å². The van der Waals surface area contributed by atoms with Crippen LogP contribution in [0, 0.1) is 17.0 Å². The van der Waals surface area contributed by atoms with Crippen LogP contribution in [0.4, 0.5) is 5.69 Å². The summed E-state index contributed by atoms with van der Waals surface area (Å²) in [4.78, 5) is 23.3. The van der Waals surface area contributed by atoms with Crippen LogP contribution in [0.3, 0.4) is 0 Å². The number of ether oxygens (including phenoxy) is 3. The summed E-state index contributed by atoms with van der Waals surface area (Å²) < 4.78 is 15.5. The van der Waals surface area contributed by atoms with Gasteiger partial charge in [0.15, 0.2) is 17.3 Å². The average molecular weight is 357 g/mol. The summed E-state index contributed by atoms with van der Waals surface area (Å²) in [6, 6.07) is 7.95. The van der Waals surface area contributed by atoms with Crippen LogP contribution in [-0.2, 0) is 0 Å². The Morgan fingerprint density at radius 2 is 1.62 bits per heavy atom. The molecule has 0 unspecified atom stereocenters. The van der Waals surface area contributed by atoms with Crippen molar-refractivity contribution in [3.8, 4) is 17.2 Å². The van der Waals surface area contributed by atoms with Crippen molar-refractivity contribution in [2.45, 2.75) is 6.92 Å². The monoisotopic (exact) mass is 357 g/mol. The van der Waals surface area contributed by atoms with Gasteiger partial charge in [0.2, 0.25) is 0 Å². The molecule has 0 fully saturated rings. The topological polar surface area (TPSA) is 87.9 Å². The van der Waals surface area contributed by atoms with Crippen LogP contribution in [0.1, 0.15) is 21.5 Å². The number of carbonyl (C=O) groups is 1. The first-order valence-electron chi connectivity index (χ1n) is 7.68. The number of nitro groups is 1. The number of ketones is 1. The van der Waals surface area contributed by atoms with Gasteiger partial charge in [-0.15, -0.1) is 0 Å². The molecule has 26 heavy (non-hydrogen) atoms. The van der Waals surface area contributed by atoms with Crippen molar-refractivity contribution < 1.29 is 23.9 Å². The third kappa shape index (κ3) is 4.00. The minimum absolute atomic E-state index is 0.192. The second-order valence-corrected chi connectivity index (χ2v) is 5.42. The fourth-order valence-electron chi connectivity index (χ4n) is 2.45. The molecular formula is C19H19NO6. The van der Waals surface area contributed by atoms with E-state index in [2.05, 4.69) is 0 Å². The Kier molecular flexibility index (Phi) is 5.95.